The molecule has 29 heavy (non-hydrogen) atoms. The van der Waals surface area contributed by atoms with Crippen LogP contribution in [0.3, 0.4) is 0 Å². The highest BCUT2D eigenvalue weighted by Crippen LogP contribution is 2.27. The molecule has 8 heteroatoms. The second kappa shape index (κ2) is 9.49. The van der Waals surface area contributed by atoms with Gasteiger partial charge in [0.15, 0.2) is 0 Å². The molecular formula is C21H25FN4O2S. The molecule has 2 atom stereocenters. The van der Waals surface area contributed by atoms with E-state index in [4.69, 9.17) is 5.73 Å². The van der Waals surface area contributed by atoms with Gasteiger partial charge in [-0.25, -0.2) is 4.39 Å². The maximum Gasteiger partial charge on any atom is 0.123 e. The summed E-state index contributed by atoms with van der Waals surface area (Å²) in [5.41, 5.74) is 10.6. The number of hydrogen-bond donors (Lipinski definition) is 2. The van der Waals surface area contributed by atoms with Crippen LogP contribution < -0.4 is 5.73 Å². The van der Waals surface area contributed by atoms with E-state index in [2.05, 4.69) is 9.98 Å². The molecule has 2 heterocycles. The lowest BCUT2D eigenvalue weighted by atomic mass is 9.94. The van der Waals surface area contributed by atoms with E-state index >= 15 is 0 Å². The fourth-order valence-electron chi connectivity index (χ4n) is 3.27. The van der Waals surface area contributed by atoms with Gasteiger partial charge >= 0.3 is 0 Å². The molecule has 0 amide bonds. The molecule has 0 bridgehead atoms. The molecule has 0 fully saturated rings. The summed E-state index contributed by atoms with van der Waals surface area (Å²) < 4.78 is 27.2. The number of halogens is 1. The lowest BCUT2D eigenvalue weighted by molar-refractivity contribution is 0.194. The summed E-state index contributed by atoms with van der Waals surface area (Å²) in [6.45, 7) is 3.23. The van der Waals surface area contributed by atoms with Gasteiger partial charge in [0.25, 0.3) is 0 Å². The summed E-state index contributed by atoms with van der Waals surface area (Å²) in [5.74, 6) is -0.339. The van der Waals surface area contributed by atoms with Gasteiger partial charge in [0, 0.05) is 40.9 Å². The highest BCUT2D eigenvalue weighted by Gasteiger charge is 2.26. The number of aliphatic hydroxyl groups excluding tert-OH is 1. The summed E-state index contributed by atoms with van der Waals surface area (Å²) in [7, 11) is 0. The van der Waals surface area contributed by atoms with E-state index in [9.17, 15) is 14.0 Å². The predicted octanol–water partition coefficient (Wildman–Crippen LogP) is 2.02. The number of aromatic nitrogens is 1. The smallest absolute Gasteiger partial charge is 0.123 e. The van der Waals surface area contributed by atoms with Crippen molar-refractivity contribution < 1.29 is 14.0 Å². The topological polar surface area (TPSA) is 97.8 Å². The third kappa shape index (κ3) is 5.42. The minimum atomic E-state index is -1.12. The fraction of sp³-hybridized carbons (Fsp3) is 0.333. The molecule has 2 unspecified atom stereocenters. The lowest BCUT2D eigenvalue weighted by Gasteiger charge is -2.27. The molecule has 0 saturated carbocycles. The molecule has 6 nitrogen and oxygen atoms in total. The van der Waals surface area contributed by atoms with Crippen LogP contribution in [0.5, 0.6) is 0 Å². The lowest BCUT2D eigenvalue weighted by Crippen LogP contribution is -2.40. The monoisotopic (exact) mass is 416 g/mol. The van der Waals surface area contributed by atoms with Crippen molar-refractivity contribution in [1.29, 1.82) is 0 Å². The number of nitrogens with two attached hydrogens (primary N) is 1. The zero-order valence-electron chi connectivity index (χ0n) is 16.5. The van der Waals surface area contributed by atoms with Gasteiger partial charge in [-0.05, 0) is 54.4 Å². The molecule has 0 saturated heterocycles. The molecule has 1 aliphatic rings. The van der Waals surface area contributed by atoms with E-state index in [1.54, 1.807) is 31.5 Å². The van der Waals surface area contributed by atoms with Crippen LogP contribution in [0.25, 0.3) is 11.3 Å². The quantitative estimate of drug-likeness (QED) is 0.702. The average molecular weight is 417 g/mol. The molecule has 3 rings (SSSR count). The molecule has 0 radical (unpaired) electrons. The Morgan fingerprint density at radius 3 is 2.69 bits per heavy atom. The molecule has 0 spiro atoms. The average Bonchev–Trinajstić information content (AvgIpc) is 2.68. The Labute approximate surface area is 173 Å². The Morgan fingerprint density at radius 1 is 1.31 bits per heavy atom. The van der Waals surface area contributed by atoms with Gasteiger partial charge in [0.2, 0.25) is 0 Å². The van der Waals surface area contributed by atoms with Crippen molar-refractivity contribution in [2.24, 2.45) is 10.7 Å². The molecule has 0 aliphatic carbocycles. The molecule has 154 valence electrons. The number of hydrogen-bond acceptors (Lipinski definition) is 6. The largest absolute Gasteiger partial charge is 0.598 e. The van der Waals surface area contributed by atoms with Crippen LogP contribution in [-0.2, 0) is 17.8 Å². The van der Waals surface area contributed by atoms with Gasteiger partial charge in [-0.2, -0.15) is 0 Å². The minimum absolute atomic E-state index is 0.339. The van der Waals surface area contributed by atoms with Gasteiger partial charge < -0.3 is 15.4 Å². The second-order valence-corrected chi connectivity index (χ2v) is 8.36. The molecule has 1 aliphatic heterocycles. The van der Waals surface area contributed by atoms with Crippen molar-refractivity contribution in [3.05, 3.63) is 65.2 Å². The molecular weight excluding hydrogens is 391 g/mol. The highest BCUT2D eigenvalue weighted by atomic mass is 32.2. The first-order valence-electron chi connectivity index (χ1n) is 9.36. The molecule has 2 aromatic rings. The van der Waals surface area contributed by atoms with E-state index in [-0.39, 0.29) is 5.82 Å². The maximum absolute atomic E-state index is 13.4. The van der Waals surface area contributed by atoms with Crippen molar-refractivity contribution in [2.45, 2.75) is 19.4 Å². The first-order chi connectivity index (χ1) is 13.8. The normalized spacial score (nSPS) is 18.0. The zero-order valence-corrected chi connectivity index (χ0v) is 17.3. The van der Waals surface area contributed by atoms with Crippen LogP contribution in [0, 0.1) is 5.82 Å². The summed E-state index contributed by atoms with van der Waals surface area (Å²) in [4.78, 5) is 8.97. The van der Waals surface area contributed by atoms with Crippen molar-refractivity contribution in [3.63, 3.8) is 0 Å². The Kier molecular flexibility index (Phi) is 7.02. The SMILES string of the molecule is CC(O)Cc1cc(C(C2=NCCN([S+](C)[O-])C2)=C(N)c2ccc(F)cc2)ccn1. The Hall–Kier alpha value is -2.26. The molecule has 1 aromatic carbocycles. The number of pyridine rings is 1. The van der Waals surface area contributed by atoms with Crippen LogP contribution in [0.15, 0.2) is 47.6 Å². The van der Waals surface area contributed by atoms with Crippen LogP contribution in [-0.4, -0.2) is 56.7 Å². The van der Waals surface area contributed by atoms with Crippen molar-refractivity contribution in [3.8, 4) is 0 Å². The van der Waals surface area contributed by atoms with Gasteiger partial charge in [-0.1, -0.05) is 0 Å². The van der Waals surface area contributed by atoms with Crippen LogP contribution in [0.4, 0.5) is 4.39 Å². The van der Waals surface area contributed by atoms with E-state index < -0.39 is 17.5 Å². The number of nitrogens with zero attached hydrogens (tertiary/aromatic N) is 3. The third-order valence-electron chi connectivity index (χ3n) is 4.66. The summed E-state index contributed by atoms with van der Waals surface area (Å²) in [5, 5.41) is 9.72. The fourth-order valence-corrected chi connectivity index (χ4v) is 3.91. The Balaban J connectivity index is 2.11. The van der Waals surface area contributed by atoms with Crippen molar-refractivity contribution in [2.75, 3.05) is 25.9 Å². The van der Waals surface area contributed by atoms with E-state index in [0.29, 0.717) is 42.9 Å². The number of aliphatic imine (C=N–C) groups is 1. The van der Waals surface area contributed by atoms with Gasteiger partial charge in [-0.3, -0.25) is 9.98 Å². The van der Waals surface area contributed by atoms with E-state index in [1.165, 1.54) is 12.1 Å². The third-order valence-corrected chi connectivity index (χ3v) is 5.70. The highest BCUT2D eigenvalue weighted by molar-refractivity contribution is 7.88. The van der Waals surface area contributed by atoms with Gasteiger partial charge in [0.1, 0.15) is 12.1 Å². The van der Waals surface area contributed by atoms with Crippen LogP contribution >= 0.6 is 0 Å². The Bertz CT molecular complexity index is 913. The standard InChI is InChI=1S/C21H25FN4O2S/c1-14(27)11-18-12-16(7-8-24-18)20(19-13-26(29(2)28)10-9-25-19)21(23)15-3-5-17(22)6-4-15/h3-8,12,14,27H,9-11,13,23H2,1-2H3. The van der Waals surface area contributed by atoms with Gasteiger partial charge in [-0.15, -0.1) is 4.31 Å². The second-order valence-electron chi connectivity index (χ2n) is 7.00. The molecule has 3 N–H and O–H groups in total. The van der Waals surface area contributed by atoms with Crippen molar-refractivity contribution >= 4 is 28.3 Å². The van der Waals surface area contributed by atoms with E-state index in [1.807, 2.05) is 16.4 Å². The predicted molar refractivity (Wildman–Crippen MR) is 115 cm³/mol. The van der Waals surface area contributed by atoms with E-state index in [0.717, 1.165) is 17.0 Å². The first kappa shape index (κ1) is 21.4. The Morgan fingerprint density at radius 2 is 2.03 bits per heavy atom. The number of rotatable bonds is 6. The van der Waals surface area contributed by atoms with Crippen LogP contribution in [0.2, 0.25) is 0 Å². The van der Waals surface area contributed by atoms with Crippen LogP contribution in [0.1, 0.15) is 23.7 Å². The number of benzene rings is 1. The molecule has 1 aromatic heterocycles. The minimum Gasteiger partial charge on any atom is -0.598 e. The summed E-state index contributed by atoms with van der Waals surface area (Å²) >= 11 is -1.12. The maximum atomic E-state index is 13.4. The van der Waals surface area contributed by atoms with Gasteiger partial charge in [0.05, 0.1) is 31.4 Å². The number of aliphatic hydroxyl groups is 1. The zero-order chi connectivity index (χ0) is 21.0. The summed E-state index contributed by atoms with van der Waals surface area (Å²) in [6.07, 6.45) is 3.20. The first-order valence-corrected chi connectivity index (χ1v) is 10.9. The van der Waals surface area contributed by atoms with Crippen molar-refractivity contribution in [1.82, 2.24) is 9.29 Å². The summed E-state index contributed by atoms with van der Waals surface area (Å²) in [6, 6.07) is 9.69.